The summed E-state index contributed by atoms with van der Waals surface area (Å²) in [6.07, 6.45) is 1.94. The van der Waals surface area contributed by atoms with Crippen LogP contribution in [0.1, 0.15) is 41.4 Å². The number of ketones is 1. The third-order valence-corrected chi connectivity index (χ3v) is 3.22. The second-order valence-electron chi connectivity index (χ2n) is 3.14. The Hall–Kier alpha value is -0.450. The third kappa shape index (κ3) is 3.26. The van der Waals surface area contributed by atoms with Crippen LogP contribution in [0.2, 0.25) is 0 Å². The van der Waals surface area contributed by atoms with Gasteiger partial charge in [0, 0.05) is 12.5 Å². The fraction of sp³-hybridized carbons (Fsp3) is 0.600. The Kier molecular flexibility index (Phi) is 5.22. The highest BCUT2D eigenvalue weighted by molar-refractivity contribution is 7.09. The van der Waals surface area contributed by atoms with Crippen molar-refractivity contribution in [3.05, 3.63) is 16.1 Å². The van der Waals surface area contributed by atoms with Crippen LogP contribution in [0.5, 0.6) is 0 Å². The maximum Gasteiger partial charge on any atom is 0.196 e. The van der Waals surface area contributed by atoms with Gasteiger partial charge in [0.05, 0.1) is 5.88 Å². The van der Waals surface area contributed by atoms with Crippen molar-refractivity contribution < 1.29 is 9.53 Å². The lowest BCUT2D eigenvalue weighted by Crippen LogP contribution is -2.04. The highest BCUT2D eigenvalue weighted by atomic mass is 35.5. The number of rotatable bonds is 6. The molecular weight excluding hydrogens is 234 g/mol. The molecule has 1 unspecified atom stereocenters. The first-order valence-electron chi connectivity index (χ1n) is 4.80. The normalized spacial score (nSPS) is 12.7. The van der Waals surface area contributed by atoms with Gasteiger partial charge >= 0.3 is 0 Å². The molecule has 0 fully saturated rings. The summed E-state index contributed by atoms with van der Waals surface area (Å²) in [6.45, 7) is 2.09. The van der Waals surface area contributed by atoms with Crippen LogP contribution in [-0.4, -0.2) is 23.8 Å². The Morgan fingerprint density at radius 1 is 1.73 bits per heavy atom. The molecule has 0 spiro atoms. The maximum absolute atomic E-state index is 11.3. The first kappa shape index (κ1) is 12.6. The first-order valence-corrected chi connectivity index (χ1v) is 6.21. The molecule has 84 valence electrons. The molecule has 1 heterocycles. The molecule has 5 heteroatoms. The van der Waals surface area contributed by atoms with E-state index in [0.29, 0.717) is 5.69 Å². The van der Waals surface area contributed by atoms with E-state index in [1.165, 1.54) is 11.3 Å². The average molecular weight is 248 g/mol. The lowest BCUT2D eigenvalue weighted by Gasteiger charge is -2.10. The van der Waals surface area contributed by atoms with E-state index in [2.05, 4.69) is 11.9 Å². The van der Waals surface area contributed by atoms with E-state index in [1.807, 2.05) is 0 Å². The highest BCUT2D eigenvalue weighted by Gasteiger charge is 2.16. The molecule has 0 bridgehead atoms. The fourth-order valence-corrected chi connectivity index (χ4v) is 2.31. The molecule has 1 aromatic heterocycles. The monoisotopic (exact) mass is 247 g/mol. The minimum absolute atomic E-state index is 0.00289. The van der Waals surface area contributed by atoms with E-state index in [4.69, 9.17) is 16.3 Å². The molecule has 0 amide bonds. The summed E-state index contributed by atoms with van der Waals surface area (Å²) in [5.74, 6) is -0.153. The van der Waals surface area contributed by atoms with Gasteiger partial charge in [-0.2, -0.15) is 0 Å². The molecule has 0 aliphatic rings. The number of alkyl halides is 1. The summed E-state index contributed by atoms with van der Waals surface area (Å²) < 4.78 is 5.31. The van der Waals surface area contributed by atoms with Gasteiger partial charge in [0.2, 0.25) is 0 Å². The number of hydrogen-bond acceptors (Lipinski definition) is 4. The molecule has 0 radical (unpaired) electrons. The lowest BCUT2D eigenvalue weighted by molar-refractivity contribution is 0.0939. The molecule has 0 aliphatic carbocycles. The van der Waals surface area contributed by atoms with Crippen LogP contribution >= 0.6 is 22.9 Å². The molecule has 0 aliphatic heterocycles. The number of carbonyl (C=O) groups is 1. The Labute approximate surface area is 98.4 Å². The third-order valence-electron chi connectivity index (χ3n) is 2.04. The van der Waals surface area contributed by atoms with Crippen molar-refractivity contribution in [3.8, 4) is 0 Å². The number of ether oxygens (including phenoxy) is 1. The van der Waals surface area contributed by atoms with Crippen molar-refractivity contribution in [1.29, 1.82) is 0 Å². The summed E-state index contributed by atoms with van der Waals surface area (Å²) in [5.41, 5.74) is 0.447. The van der Waals surface area contributed by atoms with Crippen LogP contribution in [0.3, 0.4) is 0 Å². The smallest absolute Gasteiger partial charge is 0.196 e. The number of aromatic nitrogens is 1. The topological polar surface area (TPSA) is 39.2 Å². The molecule has 0 N–H and O–H groups in total. The zero-order valence-electron chi connectivity index (χ0n) is 8.83. The van der Waals surface area contributed by atoms with E-state index in [9.17, 15) is 4.79 Å². The number of hydrogen-bond donors (Lipinski definition) is 0. The fourth-order valence-electron chi connectivity index (χ4n) is 1.24. The Bertz CT molecular complexity index is 327. The zero-order chi connectivity index (χ0) is 11.3. The van der Waals surface area contributed by atoms with Gasteiger partial charge in [0.15, 0.2) is 5.78 Å². The SMILES string of the molecule is CCCC(OC)c1nc(C(=O)CCl)cs1. The largest absolute Gasteiger partial charge is 0.374 e. The number of thiazole rings is 1. The summed E-state index contributed by atoms with van der Waals surface area (Å²) in [5, 5.41) is 2.59. The van der Waals surface area contributed by atoms with Crippen molar-refractivity contribution in [1.82, 2.24) is 4.98 Å². The number of halogens is 1. The van der Waals surface area contributed by atoms with Crippen LogP contribution < -0.4 is 0 Å². The van der Waals surface area contributed by atoms with E-state index in [0.717, 1.165) is 17.8 Å². The molecule has 15 heavy (non-hydrogen) atoms. The predicted molar refractivity (Wildman–Crippen MR) is 61.8 cm³/mol. The van der Waals surface area contributed by atoms with Gasteiger partial charge in [0.1, 0.15) is 16.8 Å². The average Bonchev–Trinajstić information content (AvgIpc) is 2.73. The predicted octanol–water partition coefficient (Wildman–Crippen LogP) is 3.05. The standard InChI is InChI=1S/C10H14ClNO2S/c1-3-4-9(14-2)10-12-7(6-15-10)8(13)5-11/h6,9H,3-5H2,1-2H3. The van der Waals surface area contributed by atoms with Gasteiger partial charge in [-0.25, -0.2) is 4.98 Å². The number of nitrogens with zero attached hydrogens (tertiary/aromatic N) is 1. The molecule has 1 atom stereocenters. The van der Waals surface area contributed by atoms with Crippen LogP contribution in [-0.2, 0) is 4.74 Å². The zero-order valence-corrected chi connectivity index (χ0v) is 10.4. The van der Waals surface area contributed by atoms with E-state index in [1.54, 1.807) is 12.5 Å². The van der Waals surface area contributed by atoms with Gasteiger partial charge in [-0.05, 0) is 6.42 Å². The van der Waals surface area contributed by atoms with Gasteiger partial charge in [-0.3, -0.25) is 4.79 Å². The number of carbonyl (C=O) groups excluding carboxylic acids is 1. The first-order chi connectivity index (χ1) is 7.22. The second-order valence-corrected chi connectivity index (χ2v) is 4.30. The van der Waals surface area contributed by atoms with Crippen molar-refractivity contribution in [2.24, 2.45) is 0 Å². The summed E-state index contributed by atoms with van der Waals surface area (Å²) in [4.78, 5) is 15.5. The number of Topliss-reactive ketones (excluding diaryl/α,β-unsaturated/α-hetero) is 1. The van der Waals surface area contributed by atoms with Crippen LogP contribution in [0, 0.1) is 0 Å². The number of methoxy groups -OCH3 is 1. The second kappa shape index (κ2) is 6.20. The minimum atomic E-state index is -0.134. The minimum Gasteiger partial charge on any atom is -0.374 e. The summed E-state index contributed by atoms with van der Waals surface area (Å²) >= 11 is 6.90. The van der Waals surface area contributed by atoms with Gasteiger partial charge in [0.25, 0.3) is 0 Å². The molecule has 0 saturated heterocycles. The Morgan fingerprint density at radius 2 is 2.47 bits per heavy atom. The van der Waals surface area contributed by atoms with Gasteiger partial charge < -0.3 is 4.74 Å². The van der Waals surface area contributed by atoms with E-state index in [-0.39, 0.29) is 17.8 Å². The van der Waals surface area contributed by atoms with Crippen LogP contribution in [0.25, 0.3) is 0 Å². The van der Waals surface area contributed by atoms with E-state index >= 15 is 0 Å². The Morgan fingerprint density at radius 3 is 3.00 bits per heavy atom. The quantitative estimate of drug-likeness (QED) is 0.573. The summed E-state index contributed by atoms with van der Waals surface area (Å²) in [6, 6.07) is 0. The molecule has 0 saturated carbocycles. The van der Waals surface area contributed by atoms with Crippen molar-refractivity contribution in [3.63, 3.8) is 0 Å². The van der Waals surface area contributed by atoms with Crippen molar-refractivity contribution in [2.75, 3.05) is 13.0 Å². The van der Waals surface area contributed by atoms with E-state index < -0.39 is 0 Å². The molecular formula is C10H14ClNO2S. The molecule has 3 nitrogen and oxygen atoms in total. The van der Waals surface area contributed by atoms with Crippen molar-refractivity contribution in [2.45, 2.75) is 25.9 Å². The van der Waals surface area contributed by atoms with Gasteiger partial charge in [-0.15, -0.1) is 22.9 Å². The molecule has 1 rings (SSSR count). The van der Waals surface area contributed by atoms with Crippen LogP contribution in [0.4, 0.5) is 0 Å². The molecule has 1 aromatic rings. The van der Waals surface area contributed by atoms with Crippen molar-refractivity contribution >= 4 is 28.7 Å². The summed E-state index contributed by atoms with van der Waals surface area (Å²) in [7, 11) is 1.66. The lowest BCUT2D eigenvalue weighted by atomic mass is 10.2. The highest BCUT2D eigenvalue weighted by Crippen LogP contribution is 2.25. The maximum atomic E-state index is 11.3. The van der Waals surface area contributed by atoms with Gasteiger partial charge in [-0.1, -0.05) is 13.3 Å². The van der Waals surface area contributed by atoms with Crippen LogP contribution in [0.15, 0.2) is 5.38 Å². The Balaban J connectivity index is 2.77. The molecule has 0 aromatic carbocycles.